The van der Waals surface area contributed by atoms with Crippen LogP contribution in [0.4, 0.5) is 4.79 Å². The lowest BCUT2D eigenvalue weighted by atomic mass is 10.0. The van der Waals surface area contributed by atoms with Gasteiger partial charge in [-0.15, -0.1) is 0 Å². The highest BCUT2D eigenvalue weighted by atomic mass is 16.2. The van der Waals surface area contributed by atoms with Gasteiger partial charge in [0.25, 0.3) is 0 Å². The van der Waals surface area contributed by atoms with Gasteiger partial charge in [-0.25, -0.2) is 4.79 Å². The maximum Gasteiger partial charge on any atom is 0.317 e. The number of rotatable bonds is 7. The molecule has 2 aromatic carbocycles. The summed E-state index contributed by atoms with van der Waals surface area (Å²) in [6.07, 6.45) is 4.04. The fraction of sp³-hybridized carbons (Fsp3) is 0.435. The van der Waals surface area contributed by atoms with Gasteiger partial charge in [-0.2, -0.15) is 0 Å². The van der Waals surface area contributed by atoms with Crippen LogP contribution in [0, 0.1) is 0 Å². The van der Waals surface area contributed by atoms with Gasteiger partial charge in [0.05, 0.1) is 0 Å². The molecule has 2 amide bonds. The van der Waals surface area contributed by atoms with Crippen LogP contribution in [-0.4, -0.2) is 48.6 Å². The Balaban J connectivity index is 1.54. The number of carbonyl (C=O) groups is 1. The molecule has 0 bridgehead atoms. The lowest BCUT2D eigenvalue weighted by Gasteiger charge is -2.37. The van der Waals surface area contributed by atoms with Crippen LogP contribution in [0.15, 0.2) is 60.7 Å². The van der Waals surface area contributed by atoms with Crippen molar-refractivity contribution in [3.63, 3.8) is 0 Å². The number of likely N-dealkylation sites (tertiary alicyclic amines) is 1. The number of aryl methyl sites for hydroxylation is 1. The molecule has 0 atom stereocenters. The second-order valence-electron chi connectivity index (χ2n) is 7.47. The average Bonchev–Trinajstić information content (AvgIpc) is 2.72. The average molecular weight is 366 g/mol. The Morgan fingerprint density at radius 2 is 1.59 bits per heavy atom. The number of piperidine rings is 1. The topological polar surface area (TPSA) is 35.6 Å². The van der Waals surface area contributed by atoms with Gasteiger partial charge >= 0.3 is 6.03 Å². The highest BCUT2D eigenvalue weighted by molar-refractivity contribution is 5.74. The molecule has 0 saturated carbocycles. The number of benzene rings is 2. The van der Waals surface area contributed by atoms with Crippen LogP contribution in [0.25, 0.3) is 0 Å². The van der Waals surface area contributed by atoms with E-state index in [1.165, 1.54) is 11.1 Å². The van der Waals surface area contributed by atoms with E-state index in [-0.39, 0.29) is 6.03 Å². The highest BCUT2D eigenvalue weighted by Gasteiger charge is 2.26. The van der Waals surface area contributed by atoms with Crippen molar-refractivity contribution in [1.82, 2.24) is 15.1 Å². The molecule has 1 saturated heterocycles. The molecule has 0 spiro atoms. The molecule has 3 rings (SSSR count). The van der Waals surface area contributed by atoms with Crippen LogP contribution >= 0.6 is 0 Å². The van der Waals surface area contributed by atoms with Gasteiger partial charge in [0.15, 0.2) is 0 Å². The maximum absolute atomic E-state index is 12.9. The molecular weight excluding hydrogens is 334 g/mol. The fourth-order valence-electron chi connectivity index (χ4n) is 3.69. The highest BCUT2D eigenvalue weighted by Crippen LogP contribution is 2.18. The third kappa shape index (κ3) is 6.10. The molecule has 4 heteroatoms. The summed E-state index contributed by atoms with van der Waals surface area (Å²) >= 11 is 0. The molecule has 0 aliphatic carbocycles. The van der Waals surface area contributed by atoms with Gasteiger partial charge in [-0.05, 0) is 56.9 Å². The Bertz CT molecular complexity index is 681. The summed E-state index contributed by atoms with van der Waals surface area (Å²) in [4.78, 5) is 17.3. The second kappa shape index (κ2) is 10.1. The van der Waals surface area contributed by atoms with Gasteiger partial charge in [-0.1, -0.05) is 60.7 Å². The Morgan fingerprint density at radius 1 is 1.00 bits per heavy atom. The van der Waals surface area contributed by atoms with E-state index in [1.54, 1.807) is 0 Å². The number of carbonyl (C=O) groups excluding carboxylic acids is 1. The molecule has 1 fully saturated rings. The molecule has 4 nitrogen and oxygen atoms in total. The van der Waals surface area contributed by atoms with Gasteiger partial charge in [0.1, 0.15) is 0 Å². The molecule has 1 aliphatic rings. The fourth-order valence-corrected chi connectivity index (χ4v) is 3.69. The summed E-state index contributed by atoms with van der Waals surface area (Å²) in [5.41, 5.74) is 2.51. The largest absolute Gasteiger partial charge is 0.338 e. The van der Waals surface area contributed by atoms with Crippen LogP contribution in [0.1, 0.15) is 30.4 Å². The molecule has 0 aromatic heterocycles. The molecule has 0 radical (unpaired) electrons. The van der Waals surface area contributed by atoms with Crippen molar-refractivity contribution in [2.45, 2.75) is 38.3 Å². The van der Waals surface area contributed by atoms with Crippen LogP contribution in [-0.2, 0) is 13.0 Å². The molecule has 0 unspecified atom stereocenters. The monoisotopic (exact) mass is 365 g/mol. The smallest absolute Gasteiger partial charge is 0.317 e. The summed E-state index contributed by atoms with van der Waals surface area (Å²) in [7, 11) is 2.15. The van der Waals surface area contributed by atoms with E-state index in [0.717, 1.165) is 38.8 Å². The van der Waals surface area contributed by atoms with Crippen molar-refractivity contribution in [1.29, 1.82) is 0 Å². The van der Waals surface area contributed by atoms with Crippen molar-refractivity contribution in [3.05, 3.63) is 71.8 Å². The molecule has 1 aliphatic heterocycles. The Hall–Kier alpha value is -2.33. The van der Waals surface area contributed by atoms with E-state index in [9.17, 15) is 4.79 Å². The first kappa shape index (κ1) is 19.4. The number of urea groups is 1. The third-order valence-corrected chi connectivity index (χ3v) is 5.35. The first-order valence-electron chi connectivity index (χ1n) is 10.0. The lowest BCUT2D eigenvalue weighted by Crippen LogP contribution is -2.50. The third-order valence-electron chi connectivity index (χ3n) is 5.35. The predicted molar refractivity (Wildman–Crippen MR) is 111 cm³/mol. The van der Waals surface area contributed by atoms with Crippen LogP contribution in [0.5, 0.6) is 0 Å². The van der Waals surface area contributed by atoms with Gasteiger partial charge in [-0.3, -0.25) is 0 Å². The predicted octanol–water partition coefficient (Wildman–Crippen LogP) is 3.93. The van der Waals surface area contributed by atoms with Gasteiger partial charge in [0.2, 0.25) is 0 Å². The van der Waals surface area contributed by atoms with E-state index >= 15 is 0 Å². The zero-order valence-corrected chi connectivity index (χ0v) is 16.3. The van der Waals surface area contributed by atoms with Crippen LogP contribution < -0.4 is 5.32 Å². The van der Waals surface area contributed by atoms with E-state index in [0.29, 0.717) is 19.1 Å². The number of hydrogen-bond donors (Lipinski definition) is 1. The maximum atomic E-state index is 12.9. The van der Waals surface area contributed by atoms with Crippen molar-refractivity contribution in [2.75, 3.05) is 26.7 Å². The Labute approximate surface area is 163 Å². The molecule has 27 heavy (non-hydrogen) atoms. The quantitative estimate of drug-likeness (QED) is 0.755. The molecule has 1 heterocycles. The summed E-state index contributed by atoms with van der Waals surface area (Å²) in [6, 6.07) is 21.1. The van der Waals surface area contributed by atoms with Gasteiger partial charge in [0, 0.05) is 19.1 Å². The van der Waals surface area contributed by atoms with Crippen molar-refractivity contribution >= 4 is 6.03 Å². The standard InChI is InChI=1S/C23H31N3O/c1-25-17-14-22(15-18-25)26(19-21-11-6-3-7-12-21)23(27)24-16-8-13-20-9-4-2-5-10-20/h2-7,9-12,22H,8,13-19H2,1H3,(H,24,27). The van der Waals surface area contributed by atoms with Crippen LogP contribution in [0.3, 0.4) is 0 Å². The Morgan fingerprint density at radius 3 is 2.22 bits per heavy atom. The van der Waals surface area contributed by atoms with E-state index in [4.69, 9.17) is 0 Å². The minimum Gasteiger partial charge on any atom is -0.338 e. The number of hydrogen-bond acceptors (Lipinski definition) is 2. The van der Waals surface area contributed by atoms with Crippen molar-refractivity contribution in [3.8, 4) is 0 Å². The number of nitrogens with zero attached hydrogens (tertiary/aromatic N) is 2. The molecule has 2 aromatic rings. The minimum absolute atomic E-state index is 0.0708. The minimum atomic E-state index is 0.0708. The van der Waals surface area contributed by atoms with E-state index < -0.39 is 0 Å². The molecule has 1 N–H and O–H groups in total. The van der Waals surface area contributed by atoms with Crippen molar-refractivity contribution < 1.29 is 4.79 Å². The number of amides is 2. The lowest BCUT2D eigenvalue weighted by molar-refractivity contribution is 0.127. The summed E-state index contributed by atoms with van der Waals surface area (Å²) in [6.45, 7) is 3.50. The first-order chi connectivity index (χ1) is 13.2. The Kier molecular flexibility index (Phi) is 7.28. The molecule has 144 valence electrons. The summed E-state index contributed by atoms with van der Waals surface area (Å²) in [5, 5.41) is 3.16. The summed E-state index contributed by atoms with van der Waals surface area (Å²) < 4.78 is 0. The zero-order valence-electron chi connectivity index (χ0n) is 16.3. The SMILES string of the molecule is CN1CCC(N(Cc2ccccc2)C(=O)NCCCc2ccccc2)CC1. The summed E-state index contributed by atoms with van der Waals surface area (Å²) in [5.74, 6) is 0. The second-order valence-corrected chi connectivity index (χ2v) is 7.47. The van der Waals surface area contributed by atoms with E-state index in [1.807, 2.05) is 29.2 Å². The first-order valence-corrected chi connectivity index (χ1v) is 10.0. The number of nitrogens with one attached hydrogen (secondary N) is 1. The molecular formula is C23H31N3O. The van der Waals surface area contributed by atoms with Crippen LogP contribution in [0.2, 0.25) is 0 Å². The zero-order chi connectivity index (χ0) is 18.9. The van der Waals surface area contributed by atoms with Gasteiger partial charge < -0.3 is 15.1 Å². The van der Waals surface area contributed by atoms with E-state index in [2.05, 4.69) is 53.7 Å². The normalized spacial score (nSPS) is 15.4. The van der Waals surface area contributed by atoms with Crippen molar-refractivity contribution in [2.24, 2.45) is 0 Å².